The number of carbonyl (C=O) groups is 2. The molecule has 0 bridgehead atoms. The minimum Gasteiger partial charge on any atom is -0.497 e. The highest BCUT2D eigenvalue weighted by molar-refractivity contribution is 5.88. The summed E-state index contributed by atoms with van der Waals surface area (Å²) in [5.74, 6) is 1.20. The van der Waals surface area contributed by atoms with Crippen molar-refractivity contribution in [1.82, 2.24) is 10.2 Å². The molecule has 0 radical (unpaired) electrons. The van der Waals surface area contributed by atoms with E-state index < -0.39 is 6.04 Å². The maximum Gasteiger partial charge on any atom is 0.243 e. The second-order valence-corrected chi connectivity index (χ2v) is 9.68. The van der Waals surface area contributed by atoms with Crippen molar-refractivity contribution in [2.45, 2.75) is 90.3 Å². The molecule has 0 heterocycles. The van der Waals surface area contributed by atoms with Gasteiger partial charge in [-0.05, 0) is 60.4 Å². The monoisotopic (exact) mass is 464 g/mol. The molecule has 5 nitrogen and oxygen atoms in total. The molecule has 1 N–H and O–H groups in total. The molecule has 0 aromatic heterocycles. The van der Waals surface area contributed by atoms with Crippen LogP contribution < -0.4 is 10.1 Å². The molecule has 5 heteroatoms. The van der Waals surface area contributed by atoms with E-state index in [-0.39, 0.29) is 17.9 Å². The molecule has 1 fully saturated rings. The SMILES string of the molecule is CCC(C(=O)NC1CCCC1)N(Cc1cccc(OC)c1)C(=O)CCc1ccc(C(C)C)cc1. The van der Waals surface area contributed by atoms with Crippen LogP contribution in [-0.4, -0.2) is 35.9 Å². The summed E-state index contributed by atoms with van der Waals surface area (Å²) in [6.07, 6.45) is 5.98. The number of carbonyl (C=O) groups excluding carboxylic acids is 2. The average molecular weight is 465 g/mol. The van der Waals surface area contributed by atoms with Crippen LogP contribution >= 0.6 is 0 Å². The zero-order chi connectivity index (χ0) is 24.5. The first-order valence-corrected chi connectivity index (χ1v) is 12.7. The molecule has 2 amide bonds. The number of benzene rings is 2. The van der Waals surface area contributed by atoms with Crippen molar-refractivity contribution < 1.29 is 14.3 Å². The Morgan fingerprint density at radius 2 is 1.76 bits per heavy atom. The molecule has 3 rings (SSSR count). The molecule has 1 saturated carbocycles. The molecule has 1 atom stereocenters. The van der Waals surface area contributed by atoms with Gasteiger partial charge >= 0.3 is 0 Å². The highest BCUT2D eigenvalue weighted by Gasteiger charge is 2.30. The van der Waals surface area contributed by atoms with E-state index in [1.807, 2.05) is 31.2 Å². The topological polar surface area (TPSA) is 58.6 Å². The van der Waals surface area contributed by atoms with E-state index in [4.69, 9.17) is 4.74 Å². The van der Waals surface area contributed by atoms with E-state index in [2.05, 4.69) is 43.4 Å². The lowest BCUT2D eigenvalue weighted by Gasteiger charge is -2.31. The van der Waals surface area contributed by atoms with Gasteiger partial charge in [-0.2, -0.15) is 0 Å². The van der Waals surface area contributed by atoms with Gasteiger partial charge in [0.1, 0.15) is 11.8 Å². The molecule has 2 aromatic carbocycles. The van der Waals surface area contributed by atoms with Gasteiger partial charge in [-0.1, -0.05) is 70.0 Å². The Hall–Kier alpha value is -2.82. The van der Waals surface area contributed by atoms with Crippen molar-refractivity contribution in [3.63, 3.8) is 0 Å². The first-order valence-electron chi connectivity index (χ1n) is 12.7. The Morgan fingerprint density at radius 1 is 1.06 bits per heavy atom. The Kier molecular flexibility index (Phi) is 9.55. The molecular weight excluding hydrogens is 424 g/mol. The number of rotatable bonds is 11. The summed E-state index contributed by atoms with van der Waals surface area (Å²) in [4.78, 5) is 28.5. The second-order valence-electron chi connectivity index (χ2n) is 9.68. The van der Waals surface area contributed by atoms with Gasteiger partial charge in [-0.25, -0.2) is 0 Å². The fraction of sp³-hybridized carbons (Fsp3) is 0.517. The van der Waals surface area contributed by atoms with E-state index >= 15 is 0 Å². The van der Waals surface area contributed by atoms with Crippen molar-refractivity contribution in [3.05, 3.63) is 65.2 Å². The minimum absolute atomic E-state index is 0.00387. The van der Waals surface area contributed by atoms with Gasteiger partial charge in [-0.3, -0.25) is 9.59 Å². The summed E-state index contributed by atoms with van der Waals surface area (Å²) in [6, 6.07) is 16.0. The van der Waals surface area contributed by atoms with Crippen LogP contribution in [0.15, 0.2) is 48.5 Å². The van der Waals surface area contributed by atoms with Crippen molar-refractivity contribution in [2.75, 3.05) is 7.11 Å². The number of methoxy groups -OCH3 is 1. The lowest BCUT2D eigenvalue weighted by atomic mass is 10.00. The highest BCUT2D eigenvalue weighted by atomic mass is 16.5. The summed E-state index contributed by atoms with van der Waals surface area (Å²) in [5.41, 5.74) is 3.40. The van der Waals surface area contributed by atoms with Gasteiger partial charge in [0.25, 0.3) is 0 Å². The third-order valence-corrected chi connectivity index (χ3v) is 6.85. The molecule has 1 unspecified atom stereocenters. The third kappa shape index (κ3) is 7.09. The number of aryl methyl sites for hydroxylation is 1. The van der Waals surface area contributed by atoms with E-state index in [0.29, 0.717) is 31.7 Å². The molecule has 0 saturated heterocycles. The normalized spacial score (nSPS) is 14.7. The predicted molar refractivity (Wildman–Crippen MR) is 137 cm³/mol. The predicted octanol–water partition coefficient (Wildman–Crippen LogP) is 5.62. The van der Waals surface area contributed by atoms with E-state index in [1.54, 1.807) is 12.0 Å². The average Bonchev–Trinajstić information content (AvgIpc) is 3.35. The van der Waals surface area contributed by atoms with Crippen LogP contribution in [0.5, 0.6) is 5.75 Å². The quantitative estimate of drug-likeness (QED) is 0.470. The summed E-state index contributed by atoms with van der Waals surface area (Å²) < 4.78 is 5.37. The van der Waals surface area contributed by atoms with Crippen LogP contribution in [0.25, 0.3) is 0 Å². The van der Waals surface area contributed by atoms with Crippen molar-refractivity contribution in [2.24, 2.45) is 0 Å². The Labute approximate surface area is 204 Å². The maximum atomic E-state index is 13.5. The molecule has 1 aliphatic rings. The van der Waals surface area contributed by atoms with E-state index in [1.165, 1.54) is 5.56 Å². The largest absolute Gasteiger partial charge is 0.497 e. The standard InChI is InChI=1S/C29H40N2O3/c1-5-27(29(33)30-25-10-6-7-11-25)31(20-23-9-8-12-26(19-23)34-4)28(32)18-15-22-13-16-24(17-14-22)21(2)3/h8-9,12-14,16-17,19,21,25,27H,5-7,10-11,15,18,20H2,1-4H3,(H,30,33). The highest BCUT2D eigenvalue weighted by Crippen LogP contribution is 2.21. The first kappa shape index (κ1) is 25.8. The van der Waals surface area contributed by atoms with Crippen molar-refractivity contribution >= 4 is 11.8 Å². The molecule has 1 aliphatic carbocycles. The Balaban J connectivity index is 1.75. The molecule has 34 heavy (non-hydrogen) atoms. The van der Waals surface area contributed by atoms with Crippen LogP contribution in [0.4, 0.5) is 0 Å². The van der Waals surface area contributed by atoms with Crippen LogP contribution in [0.1, 0.15) is 81.9 Å². The van der Waals surface area contributed by atoms with Gasteiger partial charge in [0, 0.05) is 19.0 Å². The number of nitrogens with zero attached hydrogens (tertiary/aromatic N) is 1. The number of amides is 2. The number of ether oxygens (including phenoxy) is 1. The zero-order valence-electron chi connectivity index (χ0n) is 21.2. The lowest BCUT2D eigenvalue weighted by Crippen LogP contribution is -2.51. The first-order chi connectivity index (χ1) is 16.4. The third-order valence-electron chi connectivity index (χ3n) is 6.85. The summed E-state index contributed by atoms with van der Waals surface area (Å²) in [6.45, 7) is 6.72. The van der Waals surface area contributed by atoms with Crippen molar-refractivity contribution in [1.29, 1.82) is 0 Å². The van der Waals surface area contributed by atoms with Gasteiger partial charge in [-0.15, -0.1) is 0 Å². The molecule has 2 aromatic rings. The van der Waals surface area contributed by atoms with Crippen LogP contribution in [0.2, 0.25) is 0 Å². The van der Waals surface area contributed by atoms with E-state index in [9.17, 15) is 9.59 Å². The van der Waals surface area contributed by atoms with Gasteiger partial charge in [0.05, 0.1) is 7.11 Å². The summed E-state index contributed by atoms with van der Waals surface area (Å²) >= 11 is 0. The van der Waals surface area contributed by atoms with E-state index in [0.717, 1.165) is 42.6 Å². The maximum absolute atomic E-state index is 13.5. The van der Waals surface area contributed by atoms with Gasteiger partial charge < -0.3 is 15.0 Å². The van der Waals surface area contributed by atoms with Gasteiger partial charge in [0.2, 0.25) is 11.8 Å². The molecule has 0 spiro atoms. The second kappa shape index (κ2) is 12.6. The lowest BCUT2D eigenvalue weighted by molar-refractivity contribution is -0.141. The van der Waals surface area contributed by atoms with Crippen LogP contribution in [0, 0.1) is 0 Å². The fourth-order valence-corrected chi connectivity index (χ4v) is 4.72. The minimum atomic E-state index is -0.484. The zero-order valence-corrected chi connectivity index (χ0v) is 21.2. The van der Waals surface area contributed by atoms with Gasteiger partial charge in [0.15, 0.2) is 0 Å². The van der Waals surface area contributed by atoms with Crippen LogP contribution in [-0.2, 0) is 22.6 Å². The number of hydrogen-bond acceptors (Lipinski definition) is 3. The fourth-order valence-electron chi connectivity index (χ4n) is 4.72. The Morgan fingerprint density at radius 3 is 2.38 bits per heavy atom. The number of nitrogens with one attached hydrogen (secondary N) is 1. The van der Waals surface area contributed by atoms with Crippen molar-refractivity contribution in [3.8, 4) is 5.75 Å². The smallest absolute Gasteiger partial charge is 0.243 e. The summed E-state index contributed by atoms with van der Waals surface area (Å²) in [5, 5.41) is 3.21. The number of hydrogen-bond donors (Lipinski definition) is 1. The Bertz CT molecular complexity index is 933. The molecule has 184 valence electrons. The molecular formula is C29H40N2O3. The summed E-state index contributed by atoms with van der Waals surface area (Å²) in [7, 11) is 1.64. The van der Waals surface area contributed by atoms with Crippen LogP contribution in [0.3, 0.4) is 0 Å². The molecule has 0 aliphatic heterocycles.